The van der Waals surface area contributed by atoms with Crippen LogP contribution in [0.1, 0.15) is 48.4 Å². The predicted molar refractivity (Wildman–Crippen MR) is 123 cm³/mol. The molecule has 1 aromatic carbocycles. The number of rotatable bonds is 5. The van der Waals surface area contributed by atoms with E-state index in [1.807, 2.05) is 29.2 Å². The van der Waals surface area contributed by atoms with Crippen molar-refractivity contribution < 1.29 is 4.79 Å². The maximum absolute atomic E-state index is 13.6. The van der Waals surface area contributed by atoms with Gasteiger partial charge < -0.3 is 14.7 Å². The first-order valence-electron chi connectivity index (χ1n) is 11.5. The summed E-state index contributed by atoms with van der Waals surface area (Å²) in [5, 5.41) is 0.708. The van der Waals surface area contributed by atoms with Crippen molar-refractivity contribution in [2.24, 2.45) is 0 Å². The fourth-order valence-electron chi connectivity index (χ4n) is 5.08. The smallest absolute Gasteiger partial charge is 0.231 e. The first kappa shape index (κ1) is 20.7. The molecule has 0 unspecified atom stereocenters. The third-order valence-corrected chi connectivity index (χ3v) is 7.36. The highest BCUT2D eigenvalue weighted by molar-refractivity contribution is 6.30. The number of fused-ring (bicyclic) bond motifs is 1. The van der Waals surface area contributed by atoms with Gasteiger partial charge in [0.15, 0.2) is 0 Å². The first-order chi connectivity index (χ1) is 15.1. The van der Waals surface area contributed by atoms with Gasteiger partial charge in [0.1, 0.15) is 12.1 Å². The van der Waals surface area contributed by atoms with Crippen LogP contribution in [0.2, 0.25) is 5.02 Å². The fraction of sp³-hybridized carbons (Fsp3) is 0.542. The topological polar surface area (TPSA) is 52.6 Å². The Hall–Kier alpha value is -2.18. The lowest BCUT2D eigenvalue weighted by Crippen LogP contribution is -2.52. The van der Waals surface area contributed by atoms with Crippen LogP contribution in [0.25, 0.3) is 0 Å². The molecule has 0 bridgehead atoms. The van der Waals surface area contributed by atoms with Gasteiger partial charge in [0, 0.05) is 49.0 Å². The highest BCUT2D eigenvalue weighted by atomic mass is 35.5. The molecule has 2 aliphatic heterocycles. The molecule has 2 aromatic rings. The predicted octanol–water partition coefficient (Wildman–Crippen LogP) is 3.32. The Bertz CT molecular complexity index is 937. The number of amides is 1. The van der Waals surface area contributed by atoms with E-state index in [1.165, 1.54) is 17.7 Å². The van der Waals surface area contributed by atoms with Crippen molar-refractivity contribution in [3.05, 3.63) is 52.4 Å². The molecule has 0 radical (unpaired) electrons. The van der Waals surface area contributed by atoms with E-state index in [4.69, 9.17) is 11.6 Å². The van der Waals surface area contributed by atoms with Crippen molar-refractivity contribution in [1.82, 2.24) is 19.8 Å². The van der Waals surface area contributed by atoms with Crippen LogP contribution >= 0.6 is 11.6 Å². The van der Waals surface area contributed by atoms with E-state index in [9.17, 15) is 4.79 Å². The Kier molecular flexibility index (Phi) is 5.85. The molecule has 2 fully saturated rings. The monoisotopic (exact) mass is 439 g/mol. The average molecular weight is 440 g/mol. The van der Waals surface area contributed by atoms with Crippen molar-refractivity contribution in [3.63, 3.8) is 0 Å². The number of carbonyl (C=O) groups is 1. The van der Waals surface area contributed by atoms with Gasteiger partial charge in [-0.3, -0.25) is 4.79 Å². The molecular formula is C24H30ClN5O. The number of likely N-dealkylation sites (tertiary alicyclic amines) is 1. The van der Waals surface area contributed by atoms with Gasteiger partial charge in [0.05, 0.1) is 5.92 Å². The minimum absolute atomic E-state index is 0.132. The Morgan fingerprint density at radius 1 is 1.10 bits per heavy atom. The summed E-state index contributed by atoms with van der Waals surface area (Å²) in [7, 11) is 0. The second-order valence-electron chi connectivity index (χ2n) is 9.07. The number of halogens is 1. The largest absolute Gasteiger partial charge is 0.353 e. The van der Waals surface area contributed by atoms with E-state index < -0.39 is 0 Å². The van der Waals surface area contributed by atoms with E-state index >= 15 is 0 Å². The van der Waals surface area contributed by atoms with Crippen molar-refractivity contribution >= 4 is 23.3 Å². The maximum Gasteiger partial charge on any atom is 0.231 e. The molecule has 1 aliphatic carbocycles. The van der Waals surface area contributed by atoms with Gasteiger partial charge in [-0.05, 0) is 56.0 Å². The van der Waals surface area contributed by atoms with Gasteiger partial charge in [-0.15, -0.1) is 0 Å². The molecule has 2 atom stereocenters. The summed E-state index contributed by atoms with van der Waals surface area (Å²) >= 11 is 6.09. The second-order valence-corrected chi connectivity index (χ2v) is 9.50. The normalized spacial score (nSPS) is 22.2. The van der Waals surface area contributed by atoms with E-state index in [0.29, 0.717) is 10.9 Å². The van der Waals surface area contributed by atoms with Gasteiger partial charge in [-0.25, -0.2) is 9.97 Å². The fourth-order valence-corrected chi connectivity index (χ4v) is 5.20. The molecule has 6 nitrogen and oxygen atoms in total. The number of benzene rings is 1. The van der Waals surface area contributed by atoms with Gasteiger partial charge in [-0.1, -0.05) is 30.7 Å². The summed E-state index contributed by atoms with van der Waals surface area (Å²) in [6.45, 7) is 8.33. The zero-order valence-corrected chi connectivity index (χ0v) is 18.9. The van der Waals surface area contributed by atoms with Crippen LogP contribution in [0.5, 0.6) is 0 Å². The SMILES string of the molecule is C[C@@H]1CCc2ncnc(N3CCN(C(=O)[C@H](CN4CCC4)c4ccc(Cl)cc4)CC3)c21. The Balaban J connectivity index is 1.29. The molecule has 3 aliphatic rings. The molecule has 31 heavy (non-hydrogen) atoms. The number of aromatic nitrogens is 2. The summed E-state index contributed by atoms with van der Waals surface area (Å²) in [4.78, 5) is 29.5. The van der Waals surface area contributed by atoms with E-state index in [-0.39, 0.29) is 11.8 Å². The minimum atomic E-state index is -0.132. The molecule has 0 spiro atoms. The number of hydrogen-bond acceptors (Lipinski definition) is 5. The Morgan fingerprint density at radius 3 is 2.52 bits per heavy atom. The van der Waals surface area contributed by atoms with Gasteiger partial charge in [-0.2, -0.15) is 0 Å². The summed E-state index contributed by atoms with van der Waals surface area (Å²) in [5.74, 6) is 1.69. The molecule has 3 heterocycles. The summed E-state index contributed by atoms with van der Waals surface area (Å²) in [5.41, 5.74) is 3.58. The quantitative estimate of drug-likeness (QED) is 0.715. The summed E-state index contributed by atoms with van der Waals surface area (Å²) < 4.78 is 0. The Labute approximate surface area is 189 Å². The third-order valence-electron chi connectivity index (χ3n) is 7.10. The molecule has 7 heteroatoms. The number of nitrogens with zero attached hydrogens (tertiary/aromatic N) is 5. The molecule has 2 saturated heterocycles. The molecular weight excluding hydrogens is 410 g/mol. The molecule has 164 valence electrons. The molecule has 1 aromatic heterocycles. The van der Waals surface area contributed by atoms with Gasteiger partial charge in [0.25, 0.3) is 0 Å². The number of aryl methyl sites for hydroxylation is 1. The van der Waals surface area contributed by atoms with Crippen molar-refractivity contribution in [1.29, 1.82) is 0 Å². The maximum atomic E-state index is 13.6. The minimum Gasteiger partial charge on any atom is -0.353 e. The van der Waals surface area contributed by atoms with Gasteiger partial charge in [0.2, 0.25) is 5.91 Å². The van der Waals surface area contributed by atoms with E-state index in [2.05, 4.69) is 26.7 Å². The number of carbonyl (C=O) groups excluding carboxylic acids is 1. The van der Waals surface area contributed by atoms with Crippen molar-refractivity contribution in [3.8, 4) is 0 Å². The van der Waals surface area contributed by atoms with Crippen LogP contribution in [0.3, 0.4) is 0 Å². The molecule has 5 rings (SSSR count). The molecule has 1 amide bonds. The highest BCUT2D eigenvalue weighted by Gasteiger charge is 2.33. The lowest BCUT2D eigenvalue weighted by molar-refractivity contribution is -0.133. The van der Waals surface area contributed by atoms with Crippen LogP contribution in [0, 0.1) is 0 Å². The van der Waals surface area contributed by atoms with Crippen LogP contribution in [-0.4, -0.2) is 71.5 Å². The third kappa shape index (κ3) is 4.15. The van der Waals surface area contributed by atoms with Crippen LogP contribution in [0.15, 0.2) is 30.6 Å². The van der Waals surface area contributed by atoms with Crippen molar-refractivity contribution in [2.45, 2.75) is 38.0 Å². The van der Waals surface area contributed by atoms with Crippen LogP contribution < -0.4 is 4.90 Å². The van der Waals surface area contributed by atoms with Crippen LogP contribution in [0.4, 0.5) is 5.82 Å². The summed E-state index contributed by atoms with van der Waals surface area (Å²) in [6.07, 6.45) is 5.12. The highest BCUT2D eigenvalue weighted by Crippen LogP contribution is 2.37. The van der Waals surface area contributed by atoms with E-state index in [0.717, 1.165) is 70.0 Å². The number of anilines is 1. The molecule has 0 saturated carbocycles. The zero-order chi connectivity index (χ0) is 21.4. The zero-order valence-electron chi connectivity index (χ0n) is 18.1. The summed E-state index contributed by atoms with van der Waals surface area (Å²) in [6, 6.07) is 7.79. The lowest BCUT2D eigenvalue weighted by atomic mass is 9.95. The molecule has 0 N–H and O–H groups in total. The standard InChI is InChI=1S/C24H30ClN5O/c1-17-3-8-21-22(17)23(27-16-26-21)29-11-13-30(14-12-29)24(31)20(15-28-9-2-10-28)18-4-6-19(25)7-5-18/h4-7,16-17,20H,2-3,8-15H2,1H3/t17-,20-/m1/s1. The number of piperazine rings is 1. The van der Waals surface area contributed by atoms with Crippen molar-refractivity contribution in [2.75, 3.05) is 50.7 Å². The average Bonchev–Trinajstić information content (AvgIpc) is 3.15. The van der Waals surface area contributed by atoms with E-state index in [1.54, 1.807) is 6.33 Å². The lowest BCUT2D eigenvalue weighted by Gasteiger charge is -2.39. The first-order valence-corrected chi connectivity index (χ1v) is 11.8. The van der Waals surface area contributed by atoms with Gasteiger partial charge >= 0.3 is 0 Å². The second kappa shape index (κ2) is 8.75. The Morgan fingerprint density at radius 2 is 1.84 bits per heavy atom. The van der Waals surface area contributed by atoms with Crippen LogP contribution in [-0.2, 0) is 11.2 Å². The number of hydrogen-bond donors (Lipinski definition) is 0.